The molecule has 1 spiro atoms. The Labute approximate surface area is 144 Å². The summed E-state index contributed by atoms with van der Waals surface area (Å²) in [6, 6.07) is 0.164. The Hall–Kier alpha value is -1.64. The molecular formula is C16H20FN5OS. The van der Waals surface area contributed by atoms with Crippen LogP contribution in [-0.2, 0) is 11.3 Å². The van der Waals surface area contributed by atoms with Crippen LogP contribution in [-0.4, -0.2) is 51.2 Å². The van der Waals surface area contributed by atoms with Gasteiger partial charge >= 0.3 is 0 Å². The molecule has 4 heterocycles. The lowest BCUT2D eigenvalue weighted by molar-refractivity contribution is 0.0119. The number of thiazole rings is 1. The number of aromatic nitrogens is 3. The molecule has 2 unspecified atom stereocenters. The van der Waals surface area contributed by atoms with E-state index in [1.807, 2.05) is 6.92 Å². The van der Waals surface area contributed by atoms with E-state index in [0.717, 1.165) is 43.2 Å². The van der Waals surface area contributed by atoms with Crippen molar-refractivity contribution in [3.05, 3.63) is 34.3 Å². The zero-order valence-corrected chi connectivity index (χ0v) is 14.4. The Morgan fingerprint density at radius 2 is 2.29 bits per heavy atom. The first kappa shape index (κ1) is 15.9. The number of rotatable bonds is 4. The molecule has 0 amide bonds. The van der Waals surface area contributed by atoms with Crippen molar-refractivity contribution in [2.45, 2.75) is 38.0 Å². The lowest BCUT2D eigenvalue weighted by Gasteiger charge is -2.23. The first-order valence-corrected chi connectivity index (χ1v) is 9.00. The fraction of sp³-hybridized carbons (Fsp3) is 0.562. The number of nitrogens with zero attached hydrogens (tertiary/aromatic N) is 4. The summed E-state index contributed by atoms with van der Waals surface area (Å²) in [6.45, 7) is 5.49. The summed E-state index contributed by atoms with van der Waals surface area (Å²) >= 11 is 1.69. The van der Waals surface area contributed by atoms with E-state index >= 15 is 0 Å². The van der Waals surface area contributed by atoms with Crippen molar-refractivity contribution in [2.75, 3.05) is 25.0 Å². The number of halogens is 1. The van der Waals surface area contributed by atoms with E-state index in [-0.39, 0.29) is 11.6 Å². The zero-order chi connectivity index (χ0) is 16.6. The third kappa shape index (κ3) is 3.40. The van der Waals surface area contributed by atoms with E-state index in [1.165, 1.54) is 12.4 Å². The van der Waals surface area contributed by atoms with Gasteiger partial charge in [0.25, 0.3) is 0 Å². The largest absolute Gasteiger partial charge is 0.371 e. The van der Waals surface area contributed by atoms with Gasteiger partial charge < -0.3 is 10.1 Å². The lowest BCUT2D eigenvalue weighted by Crippen LogP contribution is -2.33. The summed E-state index contributed by atoms with van der Waals surface area (Å²) < 4.78 is 19.0. The fourth-order valence-electron chi connectivity index (χ4n) is 3.56. The SMILES string of the molecule is Cc1nc(CN2CCC3(CC(Nc4ncc(F)cn4)CO3)C2)cs1. The smallest absolute Gasteiger partial charge is 0.223 e. The zero-order valence-electron chi connectivity index (χ0n) is 13.5. The summed E-state index contributed by atoms with van der Waals surface area (Å²) in [5, 5.41) is 6.49. The molecule has 128 valence electrons. The van der Waals surface area contributed by atoms with E-state index in [9.17, 15) is 4.39 Å². The van der Waals surface area contributed by atoms with Gasteiger partial charge in [-0.1, -0.05) is 0 Å². The molecule has 0 bridgehead atoms. The van der Waals surface area contributed by atoms with E-state index in [1.54, 1.807) is 11.3 Å². The molecule has 2 aromatic heterocycles. The molecule has 1 N–H and O–H groups in total. The van der Waals surface area contributed by atoms with Crippen LogP contribution >= 0.6 is 11.3 Å². The van der Waals surface area contributed by atoms with Crippen LogP contribution in [0.25, 0.3) is 0 Å². The second-order valence-electron chi connectivity index (χ2n) is 6.58. The minimum Gasteiger partial charge on any atom is -0.371 e. The van der Waals surface area contributed by atoms with Gasteiger partial charge in [0.05, 0.1) is 41.3 Å². The Balaban J connectivity index is 1.33. The molecule has 2 atom stereocenters. The van der Waals surface area contributed by atoms with E-state index in [0.29, 0.717) is 12.6 Å². The van der Waals surface area contributed by atoms with Crippen molar-refractivity contribution in [1.29, 1.82) is 0 Å². The summed E-state index contributed by atoms with van der Waals surface area (Å²) in [6.07, 6.45) is 4.29. The molecule has 0 aliphatic carbocycles. The van der Waals surface area contributed by atoms with Gasteiger partial charge in [-0.05, 0) is 13.3 Å². The molecular weight excluding hydrogens is 329 g/mol. The van der Waals surface area contributed by atoms with Crippen molar-refractivity contribution in [1.82, 2.24) is 19.9 Å². The van der Waals surface area contributed by atoms with Crippen LogP contribution in [0.4, 0.5) is 10.3 Å². The summed E-state index contributed by atoms with van der Waals surface area (Å²) in [5.74, 6) is 0.0262. The van der Waals surface area contributed by atoms with E-state index in [4.69, 9.17) is 4.74 Å². The molecule has 2 saturated heterocycles. The van der Waals surface area contributed by atoms with Crippen LogP contribution in [0.3, 0.4) is 0 Å². The van der Waals surface area contributed by atoms with Gasteiger partial charge in [0, 0.05) is 31.4 Å². The van der Waals surface area contributed by atoms with Crippen LogP contribution in [0.5, 0.6) is 0 Å². The van der Waals surface area contributed by atoms with Crippen LogP contribution in [0.15, 0.2) is 17.8 Å². The summed E-state index contributed by atoms with van der Waals surface area (Å²) in [4.78, 5) is 14.9. The Morgan fingerprint density at radius 1 is 1.46 bits per heavy atom. The fourth-order valence-corrected chi connectivity index (χ4v) is 4.17. The molecule has 0 saturated carbocycles. The Morgan fingerprint density at radius 3 is 3.04 bits per heavy atom. The minimum atomic E-state index is -0.427. The first-order chi connectivity index (χ1) is 11.6. The third-order valence-electron chi connectivity index (χ3n) is 4.61. The monoisotopic (exact) mass is 349 g/mol. The minimum absolute atomic E-state index is 0.0945. The molecule has 4 rings (SSSR count). The highest BCUT2D eigenvalue weighted by atomic mass is 32.1. The van der Waals surface area contributed by atoms with E-state index < -0.39 is 5.82 Å². The maximum absolute atomic E-state index is 12.9. The quantitative estimate of drug-likeness (QED) is 0.913. The first-order valence-electron chi connectivity index (χ1n) is 8.12. The lowest BCUT2D eigenvalue weighted by atomic mass is 9.97. The van der Waals surface area contributed by atoms with Gasteiger partial charge in [-0.3, -0.25) is 4.90 Å². The molecule has 2 aliphatic rings. The van der Waals surface area contributed by atoms with Crippen LogP contribution in [0, 0.1) is 12.7 Å². The maximum Gasteiger partial charge on any atom is 0.223 e. The number of nitrogens with one attached hydrogen (secondary N) is 1. The standard InChI is InChI=1S/C16H20FN5OS/c1-11-20-14(9-24-11)7-22-3-2-16(10-22)4-13(8-23-16)21-15-18-5-12(17)6-19-15/h5-6,9,13H,2-4,7-8,10H2,1H3,(H,18,19,21). The normalized spacial score (nSPS) is 27.2. The van der Waals surface area contributed by atoms with Crippen molar-refractivity contribution >= 4 is 17.3 Å². The summed E-state index contributed by atoms with van der Waals surface area (Å²) in [5.41, 5.74) is 1.05. The van der Waals surface area contributed by atoms with Crippen molar-refractivity contribution < 1.29 is 9.13 Å². The van der Waals surface area contributed by atoms with Crippen LogP contribution < -0.4 is 5.32 Å². The molecule has 8 heteroatoms. The van der Waals surface area contributed by atoms with Crippen LogP contribution in [0.1, 0.15) is 23.5 Å². The molecule has 0 radical (unpaired) electrons. The molecule has 0 aromatic carbocycles. The Kier molecular flexibility index (Phi) is 4.19. The topological polar surface area (TPSA) is 63.2 Å². The van der Waals surface area contributed by atoms with Gasteiger partial charge in [0.2, 0.25) is 5.95 Å². The average molecular weight is 349 g/mol. The van der Waals surface area contributed by atoms with Gasteiger partial charge in [-0.25, -0.2) is 19.3 Å². The highest BCUT2D eigenvalue weighted by molar-refractivity contribution is 7.09. The second kappa shape index (κ2) is 6.34. The predicted molar refractivity (Wildman–Crippen MR) is 89.4 cm³/mol. The maximum atomic E-state index is 12.9. The van der Waals surface area contributed by atoms with E-state index in [2.05, 4.69) is 30.5 Å². The molecule has 2 aliphatic heterocycles. The van der Waals surface area contributed by atoms with Crippen molar-refractivity contribution in [3.8, 4) is 0 Å². The molecule has 24 heavy (non-hydrogen) atoms. The number of likely N-dealkylation sites (tertiary alicyclic amines) is 1. The average Bonchev–Trinajstić information content (AvgIpc) is 3.25. The van der Waals surface area contributed by atoms with Gasteiger partial charge in [-0.2, -0.15) is 0 Å². The number of hydrogen-bond donors (Lipinski definition) is 1. The van der Waals surface area contributed by atoms with Gasteiger partial charge in [0.15, 0.2) is 5.82 Å². The number of ether oxygens (including phenoxy) is 1. The van der Waals surface area contributed by atoms with Gasteiger partial charge in [0.1, 0.15) is 0 Å². The Bertz CT molecular complexity index is 709. The molecule has 2 fully saturated rings. The second-order valence-corrected chi connectivity index (χ2v) is 7.65. The van der Waals surface area contributed by atoms with Crippen molar-refractivity contribution in [2.24, 2.45) is 0 Å². The number of aryl methyl sites for hydroxylation is 1. The third-order valence-corrected chi connectivity index (χ3v) is 5.43. The van der Waals surface area contributed by atoms with Crippen LogP contribution in [0.2, 0.25) is 0 Å². The molecule has 6 nitrogen and oxygen atoms in total. The number of anilines is 1. The van der Waals surface area contributed by atoms with Gasteiger partial charge in [-0.15, -0.1) is 11.3 Å². The predicted octanol–water partition coefficient (Wildman–Crippen LogP) is 2.23. The summed E-state index contributed by atoms with van der Waals surface area (Å²) in [7, 11) is 0. The highest BCUT2D eigenvalue weighted by Crippen LogP contribution is 2.36. The molecule has 2 aromatic rings. The highest BCUT2D eigenvalue weighted by Gasteiger charge is 2.45. The van der Waals surface area contributed by atoms with Crippen molar-refractivity contribution in [3.63, 3.8) is 0 Å². The number of hydrogen-bond acceptors (Lipinski definition) is 7.